The summed E-state index contributed by atoms with van der Waals surface area (Å²) in [5.74, 6) is -1.23. The first-order valence-corrected chi connectivity index (χ1v) is 3.11. The molecule has 0 fully saturated rings. The predicted octanol–water partition coefficient (Wildman–Crippen LogP) is -3.08. The molecule has 0 aliphatic rings. The van der Waals surface area contributed by atoms with E-state index in [2.05, 4.69) is 5.18 Å². The summed E-state index contributed by atoms with van der Waals surface area (Å²) in [6, 6.07) is -1.18. The summed E-state index contributed by atoms with van der Waals surface area (Å²) in [5, 5.41) is 12.5. The van der Waals surface area contributed by atoms with Crippen molar-refractivity contribution in [3.8, 4) is 0 Å². The van der Waals surface area contributed by atoms with Crippen LogP contribution in [-0.2, 0) is 4.79 Å². The topological polar surface area (TPSA) is 69.6 Å². The third-order valence-corrected chi connectivity index (χ3v) is 1.09. The molecule has 11 heavy (non-hydrogen) atoms. The number of carbonyl (C=O) groups is 1. The Hall–Kier alpha value is 0.0700. The summed E-state index contributed by atoms with van der Waals surface area (Å²) in [7, 11) is 0. The van der Waals surface area contributed by atoms with Gasteiger partial charge in [0.05, 0.1) is 5.97 Å². The van der Waals surface area contributed by atoms with Gasteiger partial charge in [0.25, 0.3) is 0 Å². The van der Waals surface area contributed by atoms with Crippen LogP contribution in [0, 0.1) is 10.8 Å². The molecule has 0 heterocycles. The maximum atomic E-state index is 10.1. The molecule has 0 aromatic carbocycles. The van der Waals surface area contributed by atoms with Gasteiger partial charge in [0.1, 0.15) is 6.04 Å². The van der Waals surface area contributed by atoms with Gasteiger partial charge in [-0.15, -0.1) is 0 Å². The quantitative estimate of drug-likeness (QED) is 0.329. The van der Waals surface area contributed by atoms with Crippen molar-refractivity contribution in [3.05, 3.63) is 4.91 Å². The third-order valence-electron chi connectivity index (χ3n) is 1.09. The van der Waals surface area contributed by atoms with Crippen LogP contribution in [0.3, 0.4) is 0 Å². The molecule has 0 unspecified atom stereocenters. The zero-order chi connectivity index (χ0) is 8.15. The maximum absolute atomic E-state index is 10.1. The molecule has 0 radical (unpaired) electrons. The minimum atomic E-state index is -1.39. The summed E-state index contributed by atoms with van der Waals surface area (Å²) >= 11 is 0. The van der Waals surface area contributed by atoms with Crippen molar-refractivity contribution in [3.63, 3.8) is 0 Å². The molecule has 0 N–H and O–H groups in total. The molecule has 0 aliphatic heterocycles. The fourth-order valence-corrected chi connectivity index (χ4v) is 0.629. The molecule has 0 saturated carbocycles. The molecule has 5 heteroatoms. The van der Waals surface area contributed by atoms with Gasteiger partial charge < -0.3 is 9.90 Å². The van der Waals surface area contributed by atoms with Gasteiger partial charge in [-0.3, -0.25) is 0 Å². The van der Waals surface area contributed by atoms with E-state index in [1.807, 2.05) is 13.8 Å². The molecule has 0 aromatic heterocycles. The minimum Gasteiger partial charge on any atom is -0.548 e. The van der Waals surface area contributed by atoms with Gasteiger partial charge in [-0.25, -0.2) is 0 Å². The number of nitrogens with zero attached hydrogens (tertiary/aromatic N) is 1. The first-order valence-electron chi connectivity index (χ1n) is 3.11. The van der Waals surface area contributed by atoms with Crippen molar-refractivity contribution in [2.24, 2.45) is 11.1 Å². The summed E-state index contributed by atoms with van der Waals surface area (Å²) in [6.45, 7) is 3.64. The molecule has 0 saturated heterocycles. The Labute approximate surface area is 87.6 Å². The number of hydrogen-bond donors (Lipinski definition) is 0. The van der Waals surface area contributed by atoms with Crippen molar-refractivity contribution in [2.75, 3.05) is 0 Å². The Kier molecular flexibility index (Phi) is 8.39. The number of carboxylic acids is 1. The molecule has 0 rings (SSSR count). The standard InChI is InChI=1S/C6H11NO3.Na/c1-4(2)3-5(7-10)6(8)9;/h4-5H,3H2,1-2H3,(H,8,9);/q;+1/p-1/t5-;/m0./s1. The van der Waals surface area contributed by atoms with E-state index in [1.54, 1.807) is 0 Å². The van der Waals surface area contributed by atoms with Crippen LogP contribution in [0.5, 0.6) is 0 Å². The van der Waals surface area contributed by atoms with Crippen LogP contribution in [0.2, 0.25) is 0 Å². The molecule has 1 atom stereocenters. The smallest absolute Gasteiger partial charge is 0.548 e. The first kappa shape index (κ1) is 13.6. The van der Waals surface area contributed by atoms with E-state index < -0.39 is 12.0 Å². The zero-order valence-corrected chi connectivity index (χ0v) is 9.03. The second-order valence-corrected chi connectivity index (χ2v) is 2.57. The Bertz CT molecular complexity index is 138. The van der Waals surface area contributed by atoms with Crippen LogP contribution in [0.25, 0.3) is 0 Å². The van der Waals surface area contributed by atoms with Gasteiger partial charge in [-0.05, 0) is 12.3 Å². The van der Waals surface area contributed by atoms with Crippen LogP contribution in [-0.4, -0.2) is 12.0 Å². The van der Waals surface area contributed by atoms with Gasteiger partial charge in [-0.2, -0.15) is 4.91 Å². The van der Waals surface area contributed by atoms with E-state index in [0.29, 0.717) is 0 Å². The van der Waals surface area contributed by atoms with Crippen LogP contribution in [0.1, 0.15) is 20.3 Å². The number of aliphatic carboxylic acids is 1. The SMILES string of the molecule is CC(C)C[C@H](N=O)C(=O)[O-].[Na+]. The van der Waals surface area contributed by atoms with E-state index >= 15 is 0 Å². The van der Waals surface area contributed by atoms with Crippen molar-refractivity contribution >= 4 is 5.97 Å². The van der Waals surface area contributed by atoms with Gasteiger partial charge in [0.15, 0.2) is 0 Å². The van der Waals surface area contributed by atoms with Crippen LogP contribution in [0.4, 0.5) is 0 Å². The number of nitroso groups, excluding NO2 is 1. The number of rotatable bonds is 4. The molecule has 0 amide bonds. The Morgan fingerprint density at radius 2 is 2.00 bits per heavy atom. The largest absolute Gasteiger partial charge is 1.00 e. The summed E-state index contributed by atoms with van der Waals surface area (Å²) in [5.41, 5.74) is 0. The summed E-state index contributed by atoms with van der Waals surface area (Å²) < 4.78 is 0. The molecule has 0 bridgehead atoms. The van der Waals surface area contributed by atoms with E-state index in [-0.39, 0.29) is 41.9 Å². The molecular weight excluding hydrogens is 157 g/mol. The minimum absolute atomic E-state index is 0. The maximum Gasteiger partial charge on any atom is 1.00 e. The second-order valence-electron chi connectivity index (χ2n) is 2.57. The monoisotopic (exact) mass is 167 g/mol. The molecule has 4 nitrogen and oxygen atoms in total. The van der Waals surface area contributed by atoms with Crippen molar-refractivity contribution in [1.29, 1.82) is 0 Å². The zero-order valence-electron chi connectivity index (χ0n) is 7.03. The molecule has 0 aromatic rings. The van der Waals surface area contributed by atoms with E-state index in [9.17, 15) is 14.8 Å². The fraction of sp³-hybridized carbons (Fsp3) is 0.833. The summed E-state index contributed by atoms with van der Waals surface area (Å²) in [4.78, 5) is 19.9. The van der Waals surface area contributed by atoms with Gasteiger partial charge in [0, 0.05) is 0 Å². The van der Waals surface area contributed by atoms with Gasteiger partial charge >= 0.3 is 29.6 Å². The molecule has 58 valence electrons. The third kappa shape index (κ3) is 6.47. The normalized spacial score (nSPS) is 11.9. The Balaban J connectivity index is 0. The van der Waals surface area contributed by atoms with Crippen molar-refractivity contribution in [1.82, 2.24) is 0 Å². The van der Waals surface area contributed by atoms with Crippen molar-refractivity contribution in [2.45, 2.75) is 26.3 Å². The van der Waals surface area contributed by atoms with Crippen LogP contribution >= 0.6 is 0 Å². The Morgan fingerprint density at radius 1 is 1.55 bits per heavy atom. The number of carboxylic acid groups (broad SMARTS) is 1. The van der Waals surface area contributed by atoms with Gasteiger partial charge in [0.2, 0.25) is 0 Å². The molecule has 0 aliphatic carbocycles. The fourth-order valence-electron chi connectivity index (χ4n) is 0.629. The van der Waals surface area contributed by atoms with Crippen molar-refractivity contribution < 1.29 is 39.5 Å². The predicted molar refractivity (Wildman–Crippen MR) is 34.0 cm³/mol. The Morgan fingerprint density at radius 3 is 2.09 bits per heavy atom. The molecular formula is C6H10NNaO3. The number of carbonyl (C=O) groups excluding carboxylic acids is 1. The van der Waals surface area contributed by atoms with Gasteiger partial charge in [-0.1, -0.05) is 19.0 Å². The van der Waals surface area contributed by atoms with E-state index in [0.717, 1.165) is 0 Å². The average Bonchev–Trinajstić information content (AvgIpc) is 1.81. The average molecular weight is 167 g/mol. The first-order chi connectivity index (χ1) is 4.57. The van der Waals surface area contributed by atoms with Crippen LogP contribution < -0.4 is 34.7 Å². The molecule has 0 spiro atoms. The summed E-state index contributed by atoms with van der Waals surface area (Å²) in [6.07, 6.45) is 0.256. The van der Waals surface area contributed by atoms with E-state index in [4.69, 9.17) is 0 Å². The second kappa shape index (κ2) is 6.76. The van der Waals surface area contributed by atoms with Crippen LogP contribution in [0.15, 0.2) is 5.18 Å². The number of hydrogen-bond acceptors (Lipinski definition) is 4. The van der Waals surface area contributed by atoms with E-state index in [1.165, 1.54) is 0 Å².